The Labute approximate surface area is 122 Å². The standard InChI is InChI=1S/C14H19N5O2/c1-8-11(10-4-2-3-5-12(10)17-8)6-9(14(21)19-16)7-13(20)18-15/h2-5,9,17H,6-7,15-16H2,1H3,(H,18,20)(H,19,21). The number of nitrogens with one attached hydrogen (secondary N) is 3. The largest absolute Gasteiger partial charge is 0.358 e. The van der Waals surface area contributed by atoms with Crippen molar-refractivity contribution in [1.29, 1.82) is 0 Å². The van der Waals surface area contributed by atoms with Gasteiger partial charge in [0.15, 0.2) is 0 Å². The van der Waals surface area contributed by atoms with Crippen molar-refractivity contribution in [3.05, 3.63) is 35.5 Å². The molecular weight excluding hydrogens is 270 g/mol. The second kappa shape index (κ2) is 6.38. The van der Waals surface area contributed by atoms with Crippen molar-refractivity contribution in [2.24, 2.45) is 17.6 Å². The molecule has 2 aromatic rings. The molecule has 1 heterocycles. The summed E-state index contributed by atoms with van der Waals surface area (Å²) >= 11 is 0. The number of hydrazine groups is 2. The van der Waals surface area contributed by atoms with Gasteiger partial charge in [0.1, 0.15) is 0 Å². The molecule has 2 rings (SSSR count). The number of aromatic nitrogens is 1. The van der Waals surface area contributed by atoms with Crippen LogP contribution in [-0.4, -0.2) is 16.8 Å². The summed E-state index contributed by atoms with van der Waals surface area (Å²) in [7, 11) is 0. The molecule has 0 aliphatic heterocycles. The average molecular weight is 289 g/mol. The van der Waals surface area contributed by atoms with Gasteiger partial charge in [-0.2, -0.15) is 0 Å². The van der Waals surface area contributed by atoms with Gasteiger partial charge in [0.05, 0.1) is 5.92 Å². The summed E-state index contributed by atoms with van der Waals surface area (Å²) in [6.07, 6.45) is 0.394. The number of hydrogen-bond donors (Lipinski definition) is 5. The Morgan fingerprint density at radius 3 is 2.62 bits per heavy atom. The van der Waals surface area contributed by atoms with E-state index >= 15 is 0 Å². The van der Waals surface area contributed by atoms with E-state index in [1.165, 1.54) is 0 Å². The minimum Gasteiger partial charge on any atom is -0.358 e. The SMILES string of the molecule is Cc1[nH]c2ccccc2c1CC(CC(=O)NN)C(=O)NN. The number of fused-ring (bicyclic) bond motifs is 1. The minimum atomic E-state index is -0.573. The van der Waals surface area contributed by atoms with E-state index in [-0.39, 0.29) is 12.3 Å². The Balaban J connectivity index is 2.31. The molecule has 21 heavy (non-hydrogen) atoms. The number of hydrogen-bond acceptors (Lipinski definition) is 4. The smallest absolute Gasteiger partial charge is 0.237 e. The molecule has 1 atom stereocenters. The summed E-state index contributed by atoms with van der Waals surface area (Å²) in [5, 5.41) is 1.04. The van der Waals surface area contributed by atoms with Crippen LogP contribution in [0.15, 0.2) is 24.3 Å². The first kappa shape index (κ1) is 15.0. The summed E-state index contributed by atoms with van der Waals surface area (Å²) in [6, 6.07) is 7.82. The van der Waals surface area contributed by atoms with Crippen molar-refractivity contribution in [1.82, 2.24) is 15.8 Å². The van der Waals surface area contributed by atoms with E-state index in [2.05, 4.69) is 10.4 Å². The topological polar surface area (TPSA) is 126 Å². The summed E-state index contributed by atoms with van der Waals surface area (Å²) in [6.45, 7) is 1.94. The lowest BCUT2D eigenvalue weighted by atomic mass is 9.93. The third-order valence-electron chi connectivity index (χ3n) is 3.58. The van der Waals surface area contributed by atoms with Crippen LogP contribution in [0, 0.1) is 12.8 Å². The first-order chi connectivity index (χ1) is 10.1. The van der Waals surface area contributed by atoms with Crippen molar-refractivity contribution in [2.45, 2.75) is 19.8 Å². The van der Waals surface area contributed by atoms with Crippen molar-refractivity contribution in [3.8, 4) is 0 Å². The van der Waals surface area contributed by atoms with Crippen LogP contribution in [0.25, 0.3) is 10.9 Å². The molecule has 0 aliphatic carbocycles. The molecule has 0 saturated heterocycles. The van der Waals surface area contributed by atoms with Gasteiger partial charge in [0.2, 0.25) is 11.8 Å². The third kappa shape index (κ3) is 3.21. The highest BCUT2D eigenvalue weighted by Crippen LogP contribution is 2.25. The summed E-state index contributed by atoms with van der Waals surface area (Å²) in [4.78, 5) is 26.6. The third-order valence-corrected chi connectivity index (χ3v) is 3.58. The van der Waals surface area contributed by atoms with Gasteiger partial charge in [-0.25, -0.2) is 11.7 Å². The highest BCUT2D eigenvalue weighted by molar-refractivity contribution is 5.88. The molecular formula is C14H19N5O2. The van der Waals surface area contributed by atoms with Gasteiger partial charge < -0.3 is 4.98 Å². The Morgan fingerprint density at radius 1 is 1.24 bits per heavy atom. The second-order valence-electron chi connectivity index (χ2n) is 4.96. The van der Waals surface area contributed by atoms with Gasteiger partial charge in [-0.1, -0.05) is 18.2 Å². The van der Waals surface area contributed by atoms with Crippen LogP contribution in [0.2, 0.25) is 0 Å². The Hall–Kier alpha value is -2.38. The maximum Gasteiger partial charge on any atom is 0.237 e. The number of carbonyl (C=O) groups excluding carboxylic acids is 2. The lowest BCUT2D eigenvalue weighted by Gasteiger charge is -2.14. The molecule has 0 fully saturated rings. The summed E-state index contributed by atoms with van der Waals surface area (Å²) < 4.78 is 0. The van der Waals surface area contributed by atoms with E-state index in [0.717, 1.165) is 22.2 Å². The fourth-order valence-corrected chi connectivity index (χ4v) is 2.50. The van der Waals surface area contributed by atoms with E-state index in [0.29, 0.717) is 6.42 Å². The quantitative estimate of drug-likeness (QED) is 0.302. The van der Waals surface area contributed by atoms with Gasteiger partial charge in [-0.3, -0.25) is 20.4 Å². The zero-order chi connectivity index (χ0) is 15.4. The van der Waals surface area contributed by atoms with E-state index in [4.69, 9.17) is 11.7 Å². The highest BCUT2D eigenvalue weighted by Gasteiger charge is 2.23. The molecule has 0 aliphatic rings. The maximum atomic E-state index is 11.9. The molecule has 112 valence electrons. The molecule has 1 aromatic heterocycles. The Bertz CT molecular complexity index is 664. The van der Waals surface area contributed by atoms with Crippen LogP contribution in [0.4, 0.5) is 0 Å². The number of nitrogens with two attached hydrogens (primary N) is 2. The van der Waals surface area contributed by atoms with Gasteiger partial charge in [-0.15, -0.1) is 0 Å². The number of aryl methyl sites for hydroxylation is 1. The molecule has 0 bridgehead atoms. The van der Waals surface area contributed by atoms with Gasteiger partial charge >= 0.3 is 0 Å². The first-order valence-corrected chi connectivity index (χ1v) is 6.63. The molecule has 0 spiro atoms. The maximum absolute atomic E-state index is 11.9. The predicted octanol–water partition coefficient (Wildman–Crippen LogP) is 0.00492. The number of rotatable bonds is 5. The monoisotopic (exact) mass is 289 g/mol. The van der Waals surface area contributed by atoms with Crippen LogP contribution in [0.1, 0.15) is 17.7 Å². The zero-order valence-corrected chi connectivity index (χ0v) is 11.8. The average Bonchev–Trinajstić information content (AvgIpc) is 2.81. The highest BCUT2D eigenvalue weighted by atomic mass is 16.2. The molecule has 7 N–H and O–H groups in total. The van der Waals surface area contributed by atoms with E-state index in [1.54, 1.807) is 0 Å². The van der Waals surface area contributed by atoms with Crippen LogP contribution in [-0.2, 0) is 16.0 Å². The van der Waals surface area contributed by atoms with Crippen LogP contribution in [0.5, 0.6) is 0 Å². The van der Waals surface area contributed by atoms with Crippen LogP contribution >= 0.6 is 0 Å². The number of benzene rings is 1. The zero-order valence-electron chi connectivity index (χ0n) is 11.8. The van der Waals surface area contributed by atoms with Crippen molar-refractivity contribution >= 4 is 22.7 Å². The molecule has 0 saturated carbocycles. The molecule has 7 heteroatoms. The van der Waals surface area contributed by atoms with Crippen LogP contribution < -0.4 is 22.5 Å². The van der Waals surface area contributed by atoms with E-state index in [1.807, 2.05) is 36.6 Å². The van der Waals surface area contributed by atoms with Gasteiger partial charge in [0.25, 0.3) is 0 Å². The second-order valence-corrected chi connectivity index (χ2v) is 4.96. The summed E-state index contributed by atoms with van der Waals surface area (Å²) in [5.74, 6) is 8.93. The lowest BCUT2D eigenvalue weighted by molar-refractivity contribution is -0.130. The molecule has 2 amide bonds. The molecule has 0 radical (unpaired) electrons. The van der Waals surface area contributed by atoms with Crippen LogP contribution in [0.3, 0.4) is 0 Å². The molecule has 7 nitrogen and oxygen atoms in total. The first-order valence-electron chi connectivity index (χ1n) is 6.63. The number of amides is 2. The molecule has 1 aromatic carbocycles. The van der Waals surface area contributed by atoms with Gasteiger partial charge in [-0.05, 0) is 25.0 Å². The Kier molecular flexibility index (Phi) is 4.56. The normalized spacial score (nSPS) is 12.1. The Morgan fingerprint density at radius 2 is 1.95 bits per heavy atom. The minimum absolute atomic E-state index is 0.0154. The van der Waals surface area contributed by atoms with Crippen molar-refractivity contribution in [3.63, 3.8) is 0 Å². The van der Waals surface area contributed by atoms with Gasteiger partial charge in [0, 0.05) is 23.0 Å². The van der Waals surface area contributed by atoms with Crippen molar-refractivity contribution in [2.75, 3.05) is 0 Å². The van der Waals surface area contributed by atoms with Crippen molar-refractivity contribution < 1.29 is 9.59 Å². The number of carbonyl (C=O) groups is 2. The lowest BCUT2D eigenvalue weighted by Crippen LogP contribution is -2.40. The molecule has 1 unspecified atom stereocenters. The van der Waals surface area contributed by atoms with E-state index in [9.17, 15) is 9.59 Å². The summed E-state index contributed by atoms with van der Waals surface area (Å²) in [5.41, 5.74) is 7.12. The number of H-pyrrole nitrogens is 1. The fraction of sp³-hybridized carbons (Fsp3) is 0.286. The number of para-hydroxylation sites is 1. The number of aromatic amines is 1. The fourth-order valence-electron chi connectivity index (χ4n) is 2.50. The van der Waals surface area contributed by atoms with E-state index < -0.39 is 11.8 Å². The predicted molar refractivity (Wildman–Crippen MR) is 79.5 cm³/mol.